The van der Waals surface area contributed by atoms with Crippen LogP contribution in [0.25, 0.3) is 6.08 Å². The van der Waals surface area contributed by atoms with E-state index in [9.17, 15) is 4.79 Å². The lowest BCUT2D eigenvalue weighted by atomic mass is 9.96. The highest BCUT2D eigenvalue weighted by molar-refractivity contribution is 6.42. The number of amides is 1. The molecule has 1 amide bonds. The van der Waals surface area contributed by atoms with Gasteiger partial charge in [-0.05, 0) is 34.9 Å². The molecule has 0 radical (unpaired) electrons. The maximum absolute atomic E-state index is 12.7. The monoisotopic (exact) mass is 450 g/mol. The van der Waals surface area contributed by atoms with Crippen molar-refractivity contribution >= 4 is 35.2 Å². The van der Waals surface area contributed by atoms with Gasteiger partial charge in [0, 0.05) is 32.3 Å². The molecule has 1 aliphatic heterocycles. The van der Waals surface area contributed by atoms with E-state index < -0.39 is 0 Å². The van der Waals surface area contributed by atoms with Gasteiger partial charge >= 0.3 is 0 Å². The summed E-state index contributed by atoms with van der Waals surface area (Å²) in [6.45, 7) is 3.03. The summed E-state index contributed by atoms with van der Waals surface area (Å²) < 4.78 is 0. The number of piperazine rings is 1. The molecule has 0 bridgehead atoms. The molecule has 1 fully saturated rings. The molecule has 0 unspecified atom stereocenters. The van der Waals surface area contributed by atoms with Crippen molar-refractivity contribution in [2.75, 3.05) is 26.2 Å². The van der Waals surface area contributed by atoms with Gasteiger partial charge in [-0.1, -0.05) is 89.9 Å². The van der Waals surface area contributed by atoms with Crippen molar-refractivity contribution in [3.05, 3.63) is 112 Å². The Bertz CT molecular complexity index is 1010. The number of rotatable bonds is 5. The Morgan fingerprint density at radius 3 is 1.90 bits per heavy atom. The first-order chi connectivity index (χ1) is 15.1. The molecule has 0 aromatic heterocycles. The molecule has 3 aromatic rings. The highest BCUT2D eigenvalue weighted by Crippen LogP contribution is 2.29. The molecule has 3 aromatic carbocycles. The number of carbonyl (C=O) groups is 1. The summed E-state index contributed by atoms with van der Waals surface area (Å²) >= 11 is 12.0. The van der Waals surface area contributed by atoms with Gasteiger partial charge in [0.05, 0.1) is 16.1 Å². The molecular weight excluding hydrogens is 427 g/mol. The van der Waals surface area contributed by atoms with Crippen LogP contribution in [0.2, 0.25) is 10.0 Å². The Kier molecular flexibility index (Phi) is 7.08. The molecule has 158 valence electrons. The van der Waals surface area contributed by atoms with Gasteiger partial charge in [-0.3, -0.25) is 9.69 Å². The third-order valence-corrected chi connectivity index (χ3v) is 6.32. The van der Waals surface area contributed by atoms with Crippen molar-refractivity contribution in [3.8, 4) is 0 Å². The molecule has 31 heavy (non-hydrogen) atoms. The second kappa shape index (κ2) is 10.1. The normalized spacial score (nSPS) is 15.0. The number of nitrogens with zero attached hydrogens (tertiary/aromatic N) is 2. The van der Waals surface area contributed by atoms with Gasteiger partial charge in [0.25, 0.3) is 0 Å². The molecule has 3 nitrogen and oxygen atoms in total. The largest absolute Gasteiger partial charge is 0.337 e. The average Bonchev–Trinajstić information content (AvgIpc) is 2.82. The minimum Gasteiger partial charge on any atom is -0.337 e. The Morgan fingerprint density at radius 2 is 1.35 bits per heavy atom. The van der Waals surface area contributed by atoms with E-state index in [4.69, 9.17) is 23.2 Å². The van der Waals surface area contributed by atoms with Crippen LogP contribution in [0.15, 0.2) is 84.9 Å². The van der Waals surface area contributed by atoms with E-state index in [1.807, 2.05) is 23.1 Å². The van der Waals surface area contributed by atoms with Gasteiger partial charge in [-0.25, -0.2) is 0 Å². The third kappa shape index (κ3) is 5.37. The van der Waals surface area contributed by atoms with E-state index in [0.717, 1.165) is 18.7 Å². The predicted molar refractivity (Wildman–Crippen MR) is 128 cm³/mol. The molecule has 0 aliphatic carbocycles. The van der Waals surface area contributed by atoms with E-state index in [-0.39, 0.29) is 11.9 Å². The van der Waals surface area contributed by atoms with Gasteiger partial charge in [-0.2, -0.15) is 0 Å². The fraction of sp³-hybridized carbons (Fsp3) is 0.192. The van der Waals surface area contributed by atoms with Crippen LogP contribution in [0.3, 0.4) is 0 Å². The second-order valence-electron chi connectivity index (χ2n) is 7.59. The summed E-state index contributed by atoms with van der Waals surface area (Å²) in [5.74, 6) is 0.0155. The lowest BCUT2D eigenvalue weighted by molar-refractivity contribution is -0.127. The van der Waals surface area contributed by atoms with Crippen molar-refractivity contribution in [2.24, 2.45) is 0 Å². The lowest BCUT2D eigenvalue weighted by Gasteiger charge is -2.39. The van der Waals surface area contributed by atoms with Crippen LogP contribution in [-0.2, 0) is 4.79 Å². The van der Waals surface area contributed by atoms with Crippen LogP contribution < -0.4 is 0 Å². The van der Waals surface area contributed by atoms with Crippen molar-refractivity contribution in [1.29, 1.82) is 0 Å². The van der Waals surface area contributed by atoms with Gasteiger partial charge in [0.1, 0.15) is 0 Å². The van der Waals surface area contributed by atoms with E-state index in [1.165, 1.54) is 11.1 Å². The van der Waals surface area contributed by atoms with E-state index in [2.05, 4.69) is 53.4 Å². The summed E-state index contributed by atoms with van der Waals surface area (Å²) in [6, 6.07) is 26.6. The number of benzene rings is 3. The smallest absolute Gasteiger partial charge is 0.246 e. The first kappa shape index (κ1) is 21.6. The van der Waals surface area contributed by atoms with Crippen LogP contribution in [-0.4, -0.2) is 41.9 Å². The molecule has 0 atom stereocenters. The van der Waals surface area contributed by atoms with E-state index in [1.54, 1.807) is 24.3 Å². The molecule has 1 aliphatic rings. The molecule has 0 saturated carbocycles. The van der Waals surface area contributed by atoms with Crippen LogP contribution in [0.1, 0.15) is 22.7 Å². The number of hydrogen-bond acceptors (Lipinski definition) is 2. The standard InChI is InChI=1S/C26H24Cl2N2O/c27-23-13-11-20(19-24(23)28)12-14-25(31)29-15-17-30(18-16-29)26(21-7-3-1-4-8-21)22-9-5-2-6-10-22/h1-14,19,26H,15-18H2/b14-12+. The third-order valence-electron chi connectivity index (χ3n) is 5.58. The summed E-state index contributed by atoms with van der Waals surface area (Å²) in [6.07, 6.45) is 3.40. The molecule has 1 saturated heterocycles. The van der Waals surface area contributed by atoms with Gasteiger partial charge in [0.2, 0.25) is 5.91 Å². The van der Waals surface area contributed by atoms with Crippen LogP contribution in [0.5, 0.6) is 0 Å². The maximum atomic E-state index is 12.7. The predicted octanol–water partition coefficient (Wildman–Crippen LogP) is 5.94. The minimum atomic E-state index is 0.0155. The van der Waals surface area contributed by atoms with Crippen molar-refractivity contribution in [1.82, 2.24) is 9.80 Å². The molecular formula is C26H24Cl2N2O. The topological polar surface area (TPSA) is 23.6 Å². The highest BCUT2D eigenvalue weighted by Gasteiger charge is 2.27. The SMILES string of the molecule is O=C(/C=C/c1ccc(Cl)c(Cl)c1)N1CCN(C(c2ccccc2)c2ccccc2)CC1. The van der Waals surface area contributed by atoms with Crippen LogP contribution >= 0.6 is 23.2 Å². The van der Waals surface area contributed by atoms with Crippen molar-refractivity contribution in [2.45, 2.75) is 6.04 Å². The molecule has 5 heteroatoms. The maximum Gasteiger partial charge on any atom is 0.246 e. The fourth-order valence-corrected chi connectivity index (χ4v) is 4.28. The zero-order valence-corrected chi connectivity index (χ0v) is 18.6. The Balaban J connectivity index is 1.43. The number of hydrogen-bond donors (Lipinski definition) is 0. The minimum absolute atomic E-state index is 0.0155. The average molecular weight is 451 g/mol. The zero-order valence-electron chi connectivity index (χ0n) is 17.1. The highest BCUT2D eigenvalue weighted by atomic mass is 35.5. The molecule has 0 spiro atoms. The summed E-state index contributed by atoms with van der Waals surface area (Å²) in [5, 5.41) is 0.991. The summed E-state index contributed by atoms with van der Waals surface area (Å²) in [5.41, 5.74) is 3.40. The van der Waals surface area contributed by atoms with Gasteiger partial charge in [0.15, 0.2) is 0 Å². The van der Waals surface area contributed by atoms with Crippen molar-refractivity contribution in [3.63, 3.8) is 0 Å². The Morgan fingerprint density at radius 1 is 0.774 bits per heavy atom. The first-order valence-electron chi connectivity index (χ1n) is 10.4. The lowest BCUT2D eigenvalue weighted by Crippen LogP contribution is -2.49. The summed E-state index contributed by atoms with van der Waals surface area (Å²) in [4.78, 5) is 17.1. The molecule has 1 heterocycles. The quantitative estimate of drug-likeness (QED) is 0.449. The fourth-order valence-electron chi connectivity index (χ4n) is 3.97. The molecule has 0 N–H and O–H groups in total. The summed E-state index contributed by atoms with van der Waals surface area (Å²) in [7, 11) is 0. The first-order valence-corrected chi connectivity index (χ1v) is 11.1. The Labute approximate surface area is 193 Å². The number of carbonyl (C=O) groups excluding carboxylic acids is 1. The van der Waals surface area contributed by atoms with Crippen LogP contribution in [0, 0.1) is 0 Å². The van der Waals surface area contributed by atoms with E-state index in [0.29, 0.717) is 23.1 Å². The number of halogens is 2. The second-order valence-corrected chi connectivity index (χ2v) is 8.41. The zero-order chi connectivity index (χ0) is 21.6. The Hall–Kier alpha value is -2.59. The molecule has 4 rings (SSSR count). The van der Waals surface area contributed by atoms with Gasteiger partial charge in [-0.15, -0.1) is 0 Å². The van der Waals surface area contributed by atoms with Crippen LogP contribution in [0.4, 0.5) is 0 Å². The van der Waals surface area contributed by atoms with Gasteiger partial charge < -0.3 is 4.90 Å². The van der Waals surface area contributed by atoms with Crippen molar-refractivity contribution < 1.29 is 4.79 Å². The van der Waals surface area contributed by atoms with E-state index >= 15 is 0 Å².